The van der Waals surface area contributed by atoms with Crippen molar-refractivity contribution < 1.29 is 9.18 Å². The molecule has 0 heterocycles. The number of carbonyl (C=O) groups excluding carboxylic acids is 1. The van der Waals surface area contributed by atoms with Crippen LogP contribution >= 0.6 is 0 Å². The number of nitrogens with one attached hydrogen (secondary N) is 1. The van der Waals surface area contributed by atoms with Gasteiger partial charge in [0.05, 0.1) is 5.69 Å². The van der Waals surface area contributed by atoms with E-state index in [9.17, 15) is 9.18 Å². The van der Waals surface area contributed by atoms with Crippen LogP contribution in [-0.2, 0) is 11.2 Å². The van der Waals surface area contributed by atoms with Crippen LogP contribution in [0.2, 0.25) is 0 Å². The van der Waals surface area contributed by atoms with E-state index < -0.39 is 0 Å². The number of rotatable bonds is 8. The highest BCUT2D eigenvalue weighted by Crippen LogP contribution is 2.19. The van der Waals surface area contributed by atoms with Crippen molar-refractivity contribution in [1.82, 2.24) is 0 Å². The summed E-state index contributed by atoms with van der Waals surface area (Å²) >= 11 is 0. The highest BCUT2D eigenvalue weighted by atomic mass is 19.1. The van der Waals surface area contributed by atoms with Gasteiger partial charge in [0.1, 0.15) is 11.6 Å². The second kappa shape index (κ2) is 7.93. The lowest BCUT2D eigenvalue weighted by Crippen LogP contribution is -2.06. The Morgan fingerprint density at radius 2 is 2.00 bits per heavy atom. The number of carbonyl (C=O) groups is 1. The number of anilines is 1. The third-order valence-electron chi connectivity index (χ3n) is 3.36. The first kappa shape index (κ1) is 15.7. The minimum atomic E-state index is -0.150. The van der Waals surface area contributed by atoms with Crippen LogP contribution in [0.25, 0.3) is 0 Å². The Kier molecular flexibility index (Phi) is 6.54. The number of hydrogen-bond acceptors (Lipinski definition) is 2. The van der Waals surface area contributed by atoms with Crippen LogP contribution in [0.5, 0.6) is 0 Å². The van der Waals surface area contributed by atoms with Crippen molar-refractivity contribution in [2.24, 2.45) is 5.92 Å². The van der Waals surface area contributed by atoms with Gasteiger partial charge in [-0.2, -0.15) is 0 Å². The zero-order chi connectivity index (χ0) is 14.3. The van der Waals surface area contributed by atoms with Gasteiger partial charge in [-0.15, -0.1) is 0 Å². The molecule has 0 fully saturated rings. The van der Waals surface area contributed by atoms with E-state index in [2.05, 4.69) is 5.32 Å². The molecule has 1 rings (SSSR count). The third-order valence-corrected chi connectivity index (χ3v) is 3.36. The molecule has 0 amide bonds. The zero-order valence-electron chi connectivity index (χ0n) is 12.1. The lowest BCUT2D eigenvalue weighted by Gasteiger charge is -2.08. The van der Waals surface area contributed by atoms with E-state index >= 15 is 0 Å². The van der Waals surface area contributed by atoms with Crippen molar-refractivity contribution in [3.63, 3.8) is 0 Å². The molecular weight excluding hydrogens is 241 g/mol. The maximum absolute atomic E-state index is 13.9. The number of aryl methyl sites for hydroxylation is 1. The zero-order valence-corrected chi connectivity index (χ0v) is 12.1. The standard InChI is InChI=1S/C16H24FNO/c1-12(2)15(19)11-6-4-5-8-13-9-7-10-14(18-3)16(13)17/h7,9-10,12,18H,4-6,8,11H2,1-3H3. The van der Waals surface area contributed by atoms with Gasteiger partial charge in [-0.05, 0) is 30.9 Å². The fraction of sp³-hybridized carbons (Fsp3) is 0.562. The van der Waals surface area contributed by atoms with Crippen LogP contribution in [0.3, 0.4) is 0 Å². The largest absolute Gasteiger partial charge is 0.386 e. The number of Topliss-reactive ketones (excluding diaryl/α,β-unsaturated/α-hetero) is 1. The molecule has 0 aliphatic rings. The van der Waals surface area contributed by atoms with Crippen molar-refractivity contribution in [3.05, 3.63) is 29.6 Å². The van der Waals surface area contributed by atoms with Crippen molar-refractivity contribution in [3.8, 4) is 0 Å². The van der Waals surface area contributed by atoms with Gasteiger partial charge in [0.2, 0.25) is 0 Å². The van der Waals surface area contributed by atoms with E-state index in [1.807, 2.05) is 26.0 Å². The summed E-state index contributed by atoms with van der Waals surface area (Å²) in [6.45, 7) is 3.86. The molecule has 1 aromatic rings. The lowest BCUT2D eigenvalue weighted by atomic mass is 10.0. The van der Waals surface area contributed by atoms with E-state index in [1.165, 1.54) is 0 Å². The molecule has 106 valence electrons. The topological polar surface area (TPSA) is 29.1 Å². The second-order valence-corrected chi connectivity index (χ2v) is 5.21. The SMILES string of the molecule is CNc1cccc(CCCCCC(=O)C(C)C)c1F. The van der Waals surface area contributed by atoms with Gasteiger partial charge >= 0.3 is 0 Å². The molecule has 2 nitrogen and oxygen atoms in total. The van der Waals surface area contributed by atoms with E-state index in [-0.39, 0.29) is 11.7 Å². The van der Waals surface area contributed by atoms with Gasteiger partial charge in [0, 0.05) is 19.4 Å². The van der Waals surface area contributed by atoms with Crippen molar-refractivity contribution in [1.29, 1.82) is 0 Å². The van der Waals surface area contributed by atoms with Gasteiger partial charge < -0.3 is 5.32 Å². The Labute approximate surface area is 115 Å². The number of halogens is 1. The molecule has 19 heavy (non-hydrogen) atoms. The molecule has 3 heteroatoms. The van der Waals surface area contributed by atoms with Crippen molar-refractivity contribution in [2.75, 3.05) is 12.4 Å². The Morgan fingerprint density at radius 1 is 1.26 bits per heavy atom. The highest BCUT2D eigenvalue weighted by Gasteiger charge is 2.08. The summed E-state index contributed by atoms with van der Waals surface area (Å²) in [4.78, 5) is 11.4. The number of ketones is 1. The Bertz CT molecular complexity index is 415. The molecule has 0 bridgehead atoms. The smallest absolute Gasteiger partial charge is 0.149 e. The minimum Gasteiger partial charge on any atom is -0.386 e. The summed E-state index contributed by atoms with van der Waals surface area (Å²) in [5, 5.41) is 2.84. The Balaban J connectivity index is 2.32. The van der Waals surface area contributed by atoms with Gasteiger partial charge in [0.15, 0.2) is 0 Å². The van der Waals surface area contributed by atoms with Gasteiger partial charge in [-0.1, -0.05) is 32.4 Å². The molecule has 1 aromatic carbocycles. The Morgan fingerprint density at radius 3 is 2.63 bits per heavy atom. The molecule has 0 atom stereocenters. The van der Waals surface area contributed by atoms with Crippen LogP contribution in [0.4, 0.5) is 10.1 Å². The van der Waals surface area contributed by atoms with E-state index in [0.717, 1.165) is 31.2 Å². The van der Waals surface area contributed by atoms with Crippen molar-refractivity contribution in [2.45, 2.75) is 46.0 Å². The minimum absolute atomic E-state index is 0.129. The molecule has 0 spiro atoms. The molecule has 0 aromatic heterocycles. The first-order chi connectivity index (χ1) is 9.06. The Hall–Kier alpha value is -1.38. The summed E-state index contributed by atoms with van der Waals surface area (Å²) in [6.07, 6.45) is 4.19. The van der Waals surface area contributed by atoms with E-state index in [1.54, 1.807) is 13.1 Å². The number of unbranched alkanes of at least 4 members (excludes halogenated alkanes) is 2. The summed E-state index contributed by atoms with van der Waals surface area (Å²) in [5.41, 5.74) is 1.30. The number of hydrogen-bond donors (Lipinski definition) is 1. The van der Waals surface area contributed by atoms with Crippen molar-refractivity contribution >= 4 is 11.5 Å². The molecule has 0 saturated carbocycles. The van der Waals surface area contributed by atoms with Crippen LogP contribution in [0.15, 0.2) is 18.2 Å². The summed E-state index contributed by atoms with van der Waals surface area (Å²) in [7, 11) is 1.72. The van der Waals surface area contributed by atoms with Crippen LogP contribution in [-0.4, -0.2) is 12.8 Å². The first-order valence-electron chi connectivity index (χ1n) is 7.04. The molecule has 1 N–H and O–H groups in total. The van der Waals surface area contributed by atoms with Crippen LogP contribution < -0.4 is 5.32 Å². The fourth-order valence-corrected chi connectivity index (χ4v) is 2.05. The first-order valence-corrected chi connectivity index (χ1v) is 7.04. The average Bonchev–Trinajstić information content (AvgIpc) is 2.39. The number of benzene rings is 1. The fourth-order valence-electron chi connectivity index (χ4n) is 2.05. The van der Waals surface area contributed by atoms with Crippen LogP contribution in [0.1, 0.15) is 45.1 Å². The molecule has 0 radical (unpaired) electrons. The molecule has 0 saturated heterocycles. The van der Waals surface area contributed by atoms with E-state index in [0.29, 0.717) is 17.9 Å². The normalized spacial score (nSPS) is 10.8. The summed E-state index contributed by atoms with van der Waals surface area (Å²) in [6, 6.07) is 5.43. The monoisotopic (exact) mass is 265 g/mol. The molecule has 0 aliphatic carbocycles. The maximum atomic E-state index is 13.9. The maximum Gasteiger partial charge on any atom is 0.149 e. The summed E-state index contributed by atoms with van der Waals surface area (Å²) in [5.74, 6) is 0.302. The van der Waals surface area contributed by atoms with Gasteiger partial charge in [-0.25, -0.2) is 4.39 Å². The van der Waals surface area contributed by atoms with Gasteiger partial charge in [-0.3, -0.25) is 4.79 Å². The predicted molar refractivity (Wildman–Crippen MR) is 78.0 cm³/mol. The quantitative estimate of drug-likeness (QED) is 0.714. The predicted octanol–water partition coefficient (Wildman–Crippen LogP) is 4.20. The average molecular weight is 265 g/mol. The van der Waals surface area contributed by atoms with Gasteiger partial charge in [0.25, 0.3) is 0 Å². The molecular formula is C16H24FNO. The lowest BCUT2D eigenvalue weighted by molar-refractivity contribution is -0.122. The van der Waals surface area contributed by atoms with Crippen LogP contribution in [0, 0.1) is 11.7 Å². The third kappa shape index (κ3) is 5.01. The molecule has 0 aliphatic heterocycles. The van der Waals surface area contributed by atoms with E-state index in [4.69, 9.17) is 0 Å². The highest BCUT2D eigenvalue weighted by molar-refractivity contribution is 5.80. The second-order valence-electron chi connectivity index (χ2n) is 5.21. The summed E-state index contributed by atoms with van der Waals surface area (Å²) < 4.78 is 13.9. The molecule has 0 unspecified atom stereocenters.